The van der Waals surface area contributed by atoms with E-state index in [-0.39, 0.29) is 6.61 Å². The van der Waals surface area contributed by atoms with E-state index in [0.29, 0.717) is 16.0 Å². The van der Waals surface area contributed by atoms with E-state index < -0.39 is 0 Å². The van der Waals surface area contributed by atoms with Crippen molar-refractivity contribution >= 4 is 22.2 Å². The highest BCUT2D eigenvalue weighted by Crippen LogP contribution is 2.26. The highest BCUT2D eigenvalue weighted by atomic mass is 32.1. The standard InChI is InChI=1S/C12H9N3O2S/c16-7-11-14-15-12(18-11)17-9-4-3-8-2-1-5-13-10(8)6-9/h1-6,16H,7H2. The monoisotopic (exact) mass is 259 g/mol. The Balaban J connectivity index is 1.90. The number of aliphatic hydroxyl groups is 1. The molecule has 0 atom stereocenters. The minimum atomic E-state index is -0.125. The van der Waals surface area contributed by atoms with Gasteiger partial charge in [0.25, 0.3) is 5.19 Å². The zero-order valence-electron chi connectivity index (χ0n) is 9.28. The quantitative estimate of drug-likeness (QED) is 0.782. The van der Waals surface area contributed by atoms with Crippen LogP contribution in [0.5, 0.6) is 10.9 Å². The topological polar surface area (TPSA) is 68.1 Å². The molecule has 1 N–H and O–H groups in total. The summed E-state index contributed by atoms with van der Waals surface area (Å²) in [4.78, 5) is 4.25. The SMILES string of the molecule is OCc1nnc(Oc2ccc3cccnc3c2)s1. The molecule has 5 nitrogen and oxygen atoms in total. The number of ether oxygens (including phenoxy) is 1. The summed E-state index contributed by atoms with van der Waals surface area (Å²) >= 11 is 1.22. The van der Waals surface area contributed by atoms with Crippen LogP contribution in [0, 0.1) is 0 Å². The Morgan fingerprint density at radius 3 is 3.00 bits per heavy atom. The minimum Gasteiger partial charge on any atom is -0.430 e. The molecule has 0 aliphatic carbocycles. The van der Waals surface area contributed by atoms with Gasteiger partial charge in [-0.2, -0.15) is 0 Å². The minimum absolute atomic E-state index is 0.125. The molecule has 2 heterocycles. The van der Waals surface area contributed by atoms with Gasteiger partial charge in [-0.15, -0.1) is 5.10 Å². The van der Waals surface area contributed by atoms with Gasteiger partial charge >= 0.3 is 0 Å². The van der Waals surface area contributed by atoms with Crippen LogP contribution in [0.1, 0.15) is 5.01 Å². The van der Waals surface area contributed by atoms with Gasteiger partial charge in [0.1, 0.15) is 10.8 Å². The van der Waals surface area contributed by atoms with Crippen molar-refractivity contribution in [1.82, 2.24) is 15.2 Å². The van der Waals surface area contributed by atoms with Crippen LogP contribution in [0.3, 0.4) is 0 Å². The second kappa shape index (κ2) is 4.67. The lowest BCUT2D eigenvalue weighted by atomic mass is 10.2. The molecule has 0 spiro atoms. The predicted molar refractivity (Wildman–Crippen MR) is 67.6 cm³/mol. The van der Waals surface area contributed by atoms with Crippen LogP contribution in [-0.4, -0.2) is 20.3 Å². The summed E-state index contributed by atoms with van der Waals surface area (Å²) in [5.41, 5.74) is 0.863. The van der Waals surface area contributed by atoms with E-state index in [1.165, 1.54) is 11.3 Å². The fourth-order valence-corrected chi connectivity index (χ4v) is 2.12. The predicted octanol–water partition coefficient (Wildman–Crippen LogP) is 2.37. The number of hydrogen-bond donors (Lipinski definition) is 1. The van der Waals surface area contributed by atoms with Crippen molar-refractivity contribution in [3.05, 3.63) is 41.5 Å². The lowest BCUT2D eigenvalue weighted by Crippen LogP contribution is -1.84. The first kappa shape index (κ1) is 11.1. The first-order valence-electron chi connectivity index (χ1n) is 5.31. The smallest absolute Gasteiger partial charge is 0.299 e. The van der Waals surface area contributed by atoms with Crippen LogP contribution in [0.15, 0.2) is 36.5 Å². The molecule has 0 radical (unpaired) electrons. The van der Waals surface area contributed by atoms with Gasteiger partial charge in [-0.25, -0.2) is 0 Å². The van der Waals surface area contributed by atoms with E-state index in [1.54, 1.807) is 6.20 Å². The maximum Gasteiger partial charge on any atom is 0.299 e. The summed E-state index contributed by atoms with van der Waals surface area (Å²) < 4.78 is 5.56. The van der Waals surface area contributed by atoms with Gasteiger partial charge in [-0.05, 0) is 18.2 Å². The average molecular weight is 259 g/mol. The third kappa shape index (κ3) is 2.15. The first-order chi connectivity index (χ1) is 8.85. The zero-order chi connectivity index (χ0) is 12.4. The number of hydrogen-bond acceptors (Lipinski definition) is 6. The van der Waals surface area contributed by atoms with E-state index in [2.05, 4.69) is 15.2 Å². The zero-order valence-corrected chi connectivity index (χ0v) is 10.1. The third-order valence-electron chi connectivity index (χ3n) is 2.37. The Morgan fingerprint density at radius 1 is 1.22 bits per heavy atom. The van der Waals surface area contributed by atoms with Gasteiger partial charge < -0.3 is 9.84 Å². The molecule has 0 aliphatic rings. The lowest BCUT2D eigenvalue weighted by Gasteiger charge is -2.02. The van der Waals surface area contributed by atoms with Crippen molar-refractivity contribution in [2.24, 2.45) is 0 Å². The first-order valence-corrected chi connectivity index (χ1v) is 6.13. The van der Waals surface area contributed by atoms with Crippen molar-refractivity contribution in [2.75, 3.05) is 0 Å². The van der Waals surface area contributed by atoms with Crippen LogP contribution < -0.4 is 4.74 Å². The molecule has 3 aromatic rings. The number of fused-ring (bicyclic) bond motifs is 1. The number of pyridine rings is 1. The molecular formula is C12H9N3O2S. The summed E-state index contributed by atoms with van der Waals surface area (Å²) in [6.45, 7) is -0.125. The van der Waals surface area contributed by atoms with Crippen LogP contribution in [0.2, 0.25) is 0 Å². The summed E-state index contributed by atoms with van der Waals surface area (Å²) in [5, 5.41) is 18.5. The lowest BCUT2D eigenvalue weighted by molar-refractivity contribution is 0.280. The van der Waals surface area contributed by atoms with Crippen molar-refractivity contribution in [3.63, 3.8) is 0 Å². The molecule has 2 aromatic heterocycles. The Kier molecular flexibility index (Phi) is 2.87. The maximum absolute atomic E-state index is 8.90. The average Bonchev–Trinajstić information content (AvgIpc) is 2.86. The molecule has 0 saturated heterocycles. The molecule has 0 amide bonds. The molecule has 0 saturated carbocycles. The van der Waals surface area contributed by atoms with Crippen molar-refractivity contribution < 1.29 is 9.84 Å². The van der Waals surface area contributed by atoms with Crippen molar-refractivity contribution in [2.45, 2.75) is 6.61 Å². The molecular weight excluding hydrogens is 250 g/mol. The van der Waals surface area contributed by atoms with Gasteiger partial charge in [-0.1, -0.05) is 22.5 Å². The summed E-state index contributed by atoms with van der Waals surface area (Å²) in [5.74, 6) is 0.654. The van der Waals surface area contributed by atoms with Gasteiger partial charge in [-0.3, -0.25) is 4.98 Å². The number of nitrogens with zero attached hydrogens (tertiary/aromatic N) is 3. The Hall–Kier alpha value is -2.05. The normalized spacial score (nSPS) is 10.7. The largest absolute Gasteiger partial charge is 0.430 e. The van der Waals surface area contributed by atoms with Gasteiger partial charge in [0.15, 0.2) is 0 Å². The van der Waals surface area contributed by atoms with Crippen molar-refractivity contribution in [3.8, 4) is 10.9 Å². The van der Waals surface area contributed by atoms with E-state index in [9.17, 15) is 0 Å². The Labute approximate surface area is 107 Å². The molecule has 18 heavy (non-hydrogen) atoms. The molecule has 6 heteroatoms. The summed E-state index contributed by atoms with van der Waals surface area (Å²) in [7, 11) is 0. The molecule has 0 fully saturated rings. The molecule has 90 valence electrons. The molecule has 0 unspecified atom stereocenters. The summed E-state index contributed by atoms with van der Waals surface area (Å²) in [6, 6.07) is 9.51. The van der Waals surface area contributed by atoms with E-state index in [4.69, 9.17) is 9.84 Å². The van der Waals surface area contributed by atoms with E-state index >= 15 is 0 Å². The third-order valence-corrected chi connectivity index (χ3v) is 3.15. The molecule has 3 rings (SSSR count). The van der Waals surface area contributed by atoms with Gasteiger partial charge in [0.05, 0.1) is 12.1 Å². The van der Waals surface area contributed by atoms with E-state index in [1.807, 2.05) is 30.3 Å². The summed E-state index contributed by atoms with van der Waals surface area (Å²) in [6.07, 6.45) is 1.74. The molecule has 0 aliphatic heterocycles. The van der Waals surface area contributed by atoms with Gasteiger partial charge in [0.2, 0.25) is 0 Å². The maximum atomic E-state index is 8.90. The molecule has 0 bridgehead atoms. The van der Waals surface area contributed by atoms with Crippen LogP contribution in [-0.2, 0) is 6.61 Å². The number of aliphatic hydroxyl groups excluding tert-OH is 1. The highest BCUT2D eigenvalue weighted by Gasteiger charge is 2.06. The Morgan fingerprint density at radius 2 is 2.17 bits per heavy atom. The fraction of sp³-hybridized carbons (Fsp3) is 0.0833. The van der Waals surface area contributed by atoms with Crippen LogP contribution in [0.4, 0.5) is 0 Å². The van der Waals surface area contributed by atoms with Gasteiger partial charge in [0, 0.05) is 17.6 Å². The molecule has 1 aromatic carbocycles. The van der Waals surface area contributed by atoms with Crippen molar-refractivity contribution in [1.29, 1.82) is 0 Å². The fourth-order valence-electron chi connectivity index (χ4n) is 1.55. The second-order valence-corrected chi connectivity index (χ2v) is 4.60. The Bertz CT molecular complexity index is 684. The van der Waals surface area contributed by atoms with Crippen LogP contribution >= 0.6 is 11.3 Å². The number of aromatic nitrogens is 3. The number of rotatable bonds is 3. The number of benzene rings is 1. The van der Waals surface area contributed by atoms with E-state index in [0.717, 1.165) is 10.9 Å². The highest BCUT2D eigenvalue weighted by molar-refractivity contribution is 7.13. The van der Waals surface area contributed by atoms with Crippen LogP contribution in [0.25, 0.3) is 10.9 Å². The second-order valence-electron chi connectivity index (χ2n) is 3.58.